The van der Waals surface area contributed by atoms with Crippen LogP contribution in [0.25, 0.3) is 0 Å². The second-order valence-electron chi connectivity index (χ2n) is 7.71. The van der Waals surface area contributed by atoms with E-state index in [1.54, 1.807) is 23.1 Å². The molecule has 4 aromatic rings. The van der Waals surface area contributed by atoms with Crippen molar-refractivity contribution in [2.75, 3.05) is 0 Å². The van der Waals surface area contributed by atoms with Crippen molar-refractivity contribution in [2.45, 2.75) is 49.7 Å². The van der Waals surface area contributed by atoms with Crippen LogP contribution >= 0.6 is 34.4 Å². The van der Waals surface area contributed by atoms with Crippen LogP contribution in [0.15, 0.2) is 46.9 Å². The lowest BCUT2D eigenvalue weighted by Gasteiger charge is -2.07. The van der Waals surface area contributed by atoms with Gasteiger partial charge in [0.25, 0.3) is 5.91 Å². The van der Waals surface area contributed by atoms with E-state index < -0.39 is 0 Å². The number of thioether (sulfide) groups is 1. The first-order valence-corrected chi connectivity index (χ1v) is 13.1. The maximum Gasteiger partial charge on any atom is 0.282 e. The van der Waals surface area contributed by atoms with Crippen LogP contribution in [0, 0.1) is 6.92 Å². The third-order valence-electron chi connectivity index (χ3n) is 5.12. The third kappa shape index (κ3) is 5.08. The molecule has 32 heavy (non-hydrogen) atoms. The Morgan fingerprint density at radius 1 is 1.16 bits per heavy atom. The van der Waals surface area contributed by atoms with Crippen molar-refractivity contribution >= 4 is 40.3 Å². The predicted molar refractivity (Wildman–Crippen MR) is 127 cm³/mol. The number of aromatic nitrogens is 5. The molecule has 3 heterocycles. The Bertz CT molecular complexity index is 1190. The number of nitrogens with one attached hydrogen (secondary N) is 1. The summed E-state index contributed by atoms with van der Waals surface area (Å²) >= 11 is 4.68. The van der Waals surface area contributed by atoms with Crippen LogP contribution in [0.5, 0.6) is 0 Å². The fourth-order valence-corrected chi connectivity index (χ4v) is 5.76. The van der Waals surface area contributed by atoms with Gasteiger partial charge in [-0.1, -0.05) is 59.0 Å². The van der Waals surface area contributed by atoms with Gasteiger partial charge < -0.3 is 9.88 Å². The molecule has 5 rings (SSSR count). The molecule has 1 aliphatic carbocycles. The zero-order valence-electron chi connectivity index (χ0n) is 17.5. The molecular formula is C22H22N6OS3. The van der Waals surface area contributed by atoms with E-state index in [0.29, 0.717) is 23.3 Å². The number of aryl methyl sites for hydroxylation is 1. The van der Waals surface area contributed by atoms with Crippen LogP contribution < -0.4 is 5.32 Å². The SMILES string of the molecule is Cc1ccc(CNC(=O)c2nnc(CSc3nnc(Cc4cccs4)n3C3CC3)s2)cc1. The molecule has 0 atom stereocenters. The summed E-state index contributed by atoms with van der Waals surface area (Å²) in [5.41, 5.74) is 2.25. The van der Waals surface area contributed by atoms with Crippen molar-refractivity contribution in [1.29, 1.82) is 0 Å². The zero-order valence-corrected chi connectivity index (χ0v) is 20.0. The van der Waals surface area contributed by atoms with Gasteiger partial charge in [-0.05, 0) is 36.8 Å². The van der Waals surface area contributed by atoms with Gasteiger partial charge in [-0.3, -0.25) is 4.79 Å². The fourth-order valence-electron chi connectivity index (χ4n) is 3.29. The topological polar surface area (TPSA) is 85.6 Å². The van der Waals surface area contributed by atoms with E-state index in [-0.39, 0.29) is 5.91 Å². The highest BCUT2D eigenvalue weighted by Gasteiger charge is 2.30. The molecule has 7 nitrogen and oxygen atoms in total. The average molecular weight is 483 g/mol. The van der Waals surface area contributed by atoms with Gasteiger partial charge in [0.05, 0.1) is 5.75 Å². The van der Waals surface area contributed by atoms with E-state index in [4.69, 9.17) is 0 Å². The summed E-state index contributed by atoms with van der Waals surface area (Å²) in [6.07, 6.45) is 3.16. The first-order valence-electron chi connectivity index (χ1n) is 10.4. The van der Waals surface area contributed by atoms with E-state index in [2.05, 4.69) is 47.8 Å². The molecule has 164 valence electrons. The Hall–Kier alpha value is -2.56. The number of hydrogen-bond acceptors (Lipinski definition) is 8. The minimum absolute atomic E-state index is 0.196. The molecule has 0 unspecified atom stereocenters. The Balaban J connectivity index is 1.19. The van der Waals surface area contributed by atoms with Crippen LogP contribution in [0.4, 0.5) is 0 Å². The van der Waals surface area contributed by atoms with Crippen molar-refractivity contribution in [3.8, 4) is 0 Å². The predicted octanol–water partition coefficient (Wildman–Crippen LogP) is 4.65. The van der Waals surface area contributed by atoms with Gasteiger partial charge in [-0.25, -0.2) is 0 Å². The number of carbonyl (C=O) groups is 1. The Morgan fingerprint density at radius 2 is 2.00 bits per heavy atom. The Morgan fingerprint density at radius 3 is 2.75 bits per heavy atom. The van der Waals surface area contributed by atoms with Crippen molar-refractivity contribution < 1.29 is 4.79 Å². The molecule has 1 amide bonds. The summed E-state index contributed by atoms with van der Waals surface area (Å²) in [5, 5.41) is 24.3. The van der Waals surface area contributed by atoms with Gasteiger partial charge in [0.15, 0.2) is 5.16 Å². The first kappa shape index (κ1) is 21.3. The minimum Gasteiger partial charge on any atom is -0.346 e. The first-order chi connectivity index (χ1) is 15.7. The summed E-state index contributed by atoms with van der Waals surface area (Å²) in [6.45, 7) is 2.52. The zero-order chi connectivity index (χ0) is 21.9. The van der Waals surface area contributed by atoms with E-state index in [9.17, 15) is 4.79 Å². The molecule has 0 aliphatic heterocycles. The Kier molecular flexibility index (Phi) is 6.33. The number of thiophene rings is 1. The van der Waals surface area contributed by atoms with Gasteiger partial charge in [0.2, 0.25) is 5.01 Å². The molecule has 1 fully saturated rings. The molecule has 3 aromatic heterocycles. The molecule has 0 radical (unpaired) electrons. The lowest BCUT2D eigenvalue weighted by atomic mass is 10.1. The van der Waals surface area contributed by atoms with Crippen LogP contribution in [-0.2, 0) is 18.7 Å². The lowest BCUT2D eigenvalue weighted by molar-refractivity contribution is 0.0950. The average Bonchev–Trinajstić information content (AvgIpc) is 3.19. The van der Waals surface area contributed by atoms with Crippen molar-refractivity contribution in [3.05, 3.63) is 73.6 Å². The summed E-state index contributed by atoms with van der Waals surface area (Å²) in [4.78, 5) is 13.7. The van der Waals surface area contributed by atoms with Crippen LogP contribution in [-0.4, -0.2) is 30.9 Å². The third-order valence-corrected chi connectivity index (χ3v) is 8.05. The fraction of sp³-hybridized carbons (Fsp3) is 0.318. The number of hydrogen-bond donors (Lipinski definition) is 1. The number of carbonyl (C=O) groups excluding carboxylic acids is 1. The van der Waals surface area contributed by atoms with Gasteiger partial charge in [0.1, 0.15) is 10.8 Å². The highest BCUT2D eigenvalue weighted by Crippen LogP contribution is 2.40. The highest BCUT2D eigenvalue weighted by molar-refractivity contribution is 7.98. The number of nitrogens with zero attached hydrogens (tertiary/aromatic N) is 5. The van der Waals surface area contributed by atoms with Crippen LogP contribution in [0.2, 0.25) is 0 Å². The normalized spacial score (nSPS) is 13.4. The number of benzene rings is 1. The van der Waals surface area contributed by atoms with E-state index in [1.165, 1.54) is 34.6 Å². The van der Waals surface area contributed by atoms with Crippen molar-refractivity contribution in [1.82, 2.24) is 30.3 Å². The molecule has 0 saturated heterocycles. The molecule has 1 aromatic carbocycles. The van der Waals surface area contributed by atoms with Gasteiger partial charge >= 0.3 is 0 Å². The Labute approximate surface area is 198 Å². The van der Waals surface area contributed by atoms with E-state index >= 15 is 0 Å². The summed E-state index contributed by atoms with van der Waals surface area (Å²) < 4.78 is 2.28. The smallest absolute Gasteiger partial charge is 0.282 e. The highest BCUT2D eigenvalue weighted by atomic mass is 32.2. The maximum absolute atomic E-state index is 12.4. The molecular weight excluding hydrogens is 460 g/mol. The maximum atomic E-state index is 12.4. The molecule has 1 saturated carbocycles. The summed E-state index contributed by atoms with van der Waals surface area (Å²) in [6, 6.07) is 12.8. The molecule has 10 heteroatoms. The van der Waals surface area contributed by atoms with Crippen LogP contribution in [0.3, 0.4) is 0 Å². The number of amides is 1. The second kappa shape index (κ2) is 9.51. The van der Waals surface area contributed by atoms with Gasteiger partial charge in [0, 0.05) is 23.9 Å². The van der Waals surface area contributed by atoms with Crippen LogP contribution in [0.1, 0.15) is 55.5 Å². The van der Waals surface area contributed by atoms with Crippen molar-refractivity contribution in [2.24, 2.45) is 0 Å². The quantitative estimate of drug-likeness (QED) is 0.350. The van der Waals surface area contributed by atoms with Gasteiger partial charge in [-0.15, -0.1) is 31.7 Å². The molecule has 0 spiro atoms. The monoisotopic (exact) mass is 482 g/mol. The summed E-state index contributed by atoms with van der Waals surface area (Å²) in [7, 11) is 0. The molecule has 0 bridgehead atoms. The van der Waals surface area contributed by atoms with Crippen molar-refractivity contribution in [3.63, 3.8) is 0 Å². The second-order valence-corrected chi connectivity index (χ2v) is 10.8. The van der Waals surface area contributed by atoms with Gasteiger partial charge in [-0.2, -0.15) is 0 Å². The molecule has 1 aliphatic rings. The largest absolute Gasteiger partial charge is 0.346 e. The number of rotatable bonds is 9. The summed E-state index contributed by atoms with van der Waals surface area (Å²) in [5.74, 6) is 1.44. The minimum atomic E-state index is -0.196. The standard InChI is InChI=1S/C22H22N6OS3/c1-14-4-6-15(7-5-14)12-23-20(29)21-26-25-19(32-21)13-31-22-27-24-18(28(22)16-8-9-16)11-17-3-2-10-30-17/h2-7,10,16H,8-9,11-13H2,1H3,(H,23,29). The van der Waals surface area contributed by atoms with E-state index in [0.717, 1.165) is 28.0 Å². The lowest BCUT2D eigenvalue weighted by Crippen LogP contribution is -2.22. The molecule has 1 N–H and O–H groups in total. The van der Waals surface area contributed by atoms with E-state index in [1.807, 2.05) is 31.2 Å².